The number of para-hydroxylation sites is 3. The largest absolute Gasteiger partial charge is 0.486 e. The van der Waals surface area contributed by atoms with Gasteiger partial charge in [0.1, 0.15) is 19.3 Å². The molecule has 3 aromatic rings. The van der Waals surface area contributed by atoms with E-state index in [-0.39, 0.29) is 24.1 Å². The van der Waals surface area contributed by atoms with E-state index in [4.69, 9.17) is 9.47 Å². The number of amides is 1. The molecule has 1 atom stereocenters. The van der Waals surface area contributed by atoms with Crippen molar-refractivity contribution in [1.29, 1.82) is 0 Å². The van der Waals surface area contributed by atoms with Crippen molar-refractivity contribution in [3.63, 3.8) is 0 Å². The maximum atomic E-state index is 13.3. The van der Waals surface area contributed by atoms with E-state index in [0.29, 0.717) is 23.8 Å². The minimum Gasteiger partial charge on any atom is -0.486 e. The van der Waals surface area contributed by atoms with Gasteiger partial charge >= 0.3 is 0 Å². The second kappa shape index (κ2) is 9.32. The first-order valence-corrected chi connectivity index (χ1v) is 11.7. The lowest BCUT2D eigenvalue weighted by Gasteiger charge is -2.27. The lowest BCUT2D eigenvalue weighted by molar-refractivity contribution is -0.120. The van der Waals surface area contributed by atoms with E-state index in [0.717, 1.165) is 9.87 Å². The Labute approximate surface area is 187 Å². The topological polar surface area (TPSA) is 84.9 Å². The molecule has 0 saturated carbocycles. The number of carbonyl (C=O) groups excluding carboxylic acids is 1. The van der Waals surface area contributed by atoms with Crippen molar-refractivity contribution >= 4 is 21.6 Å². The summed E-state index contributed by atoms with van der Waals surface area (Å²) in [6.07, 6.45) is -0.368. The number of aryl methyl sites for hydroxylation is 1. The molecule has 1 aliphatic rings. The summed E-state index contributed by atoms with van der Waals surface area (Å²) in [5.41, 5.74) is 1.36. The normalized spacial score (nSPS) is 15.1. The Morgan fingerprint density at radius 2 is 1.62 bits per heavy atom. The smallest absolute Gasteiger partial charge is 0.264 e. The number of hydrogen-bond acceptors (Lipinski definition) is 5. The van der Waals surface area contributed by atoms with Crippen LogP contribution in [-0.2, 0) is 14.8 Å². The minimum absolute atomic E-state index is 0.125. The van der Waals surface area contributed by atoms with Crippen molar-refractivity contribution in [2.24, 2.45) is 0 Å². The molecule has 0 fully saturated rings. The fraction of sp³-hybridized carbons (Fsp3) is 0.208. The molecule has 166 valence electrons. The molecule has 1 unspecified atom stereocenters. The number of carbonyl (C=O) groups is 1. The molecule has 32 heavy (non-hydrogen) atoms. The minimum atomic E-state index is -3.93. The number of fused-ring (bicyclic) bond motifs is 1. The molecular weight excluding hydrogens is 428 g/mol. The van der Waals surface area contributed by atoms with Gasteiger partial charge in [-0.05, 0) is 43.3 Å². The van der Waals surface area contributed by atoms with Gasteiger partial charge in [0.05, 0.1) is 17.1 Å². The summed E-state index contributed by atoms with van der Waals surface area (Å²) in [7, 11) is -3.93. The van der Waals surface area contributed by atoms with Crippen LogP contribution in [0.5, 0.6) is 11.5 Å². The van der Waals surface area contributed by atoms with Crippen LogP contribution in [0.15, 0.2) is 83.8 Å². The molecule has 0 aliphatic carbocycles. The molecule has 1 aliphatic heterocycles. The van der Waals surface area contributed by atoms with E-state index < -0.39 is 15.9 Å². The van der Waals surface area contributed by atoms with Crippen LogP contribution < -0.4 is 19.1 Å². The van der Waals surface area contributed by atoms with Crippen LogP contribution in [0.4, 0.5) is 5.69 Å². The number of nitrogens with zero attached hydrogens (tertiary/aromatic N) is 1. The molecule has 0 bridgehead atoms. The monoisotopic (exact) mass is 452 g/mol. The molecular formula is C24H24N2O5S. The molecule has 0 spiro atoms. The fourth-order valence-corrected chi connectivity index (χ4v) is 4.75. The number of anilines is 1. The number of ether oxygens (including phenoxy) is 2. The van der Waals surface area contributed by atoms with Gasteiger partial charge in [0.2, 0.25) is 5.91 Å². The second-order valence-electron chi connectivity index (χ2n) is 7.46. The van der Waals surface area contributed by atoms with E-state index in [1.807, 2.05) is 25.1 Å². The zero-order chi connectivity index (χ0) is 22.6. The molecule has 0 radical (unpaired) electrons. The maximum Gasteiger partial charge on any atom is 0.264 e. The van der Waals surface area contributed by atoms with Gasteiger partial charge in [0, 0.05) is 0 Å². The first kappa shape index (κ1) is 21.7. The fourth-order valence-electron chi connectivity index (χ4n) is 3.32. The van der Waals surface area contributed by atoms with Crippen LogP contribution >= 0.6 is 0 Å². The summed E-state index contributed by atoms with van der Waals surface area (Å²) in [6, 6.07) is 22.4. The van der Waals surface area contributed by atoms with Crippen molar-refractivity contribution in [2.45, 2.75) is 17.9 Å². The maximum absolute atomic E-state index is 13.3. The van der Waals surface area contributed by atoms with Gasteiger partial charge in [-0.15, -0.1) is 0 Å². The highest BCUT2D eigenvalue weighted by atomic mass is 32.2. The number of sulfonamides is 1. The van der Waals surface area contributed by atoms with Gasteiger partial charge in [-0.1, -0.05) is 48.0 Å². The Kier molecular flexibility index (Phi) is 6.32. The zero-order valence-electron chi connectivity index (χ0n) is 17.6. The highest BCUT2D eigenvalue weighted by Crippen LogP contribution is 2.30. The Balaban J connectivity index is 1.47. The molecule has 7 nitrogen and oxygen atoms in total. The van der Waals surface area contributed by atoms with Gasteiger partial charge in [-0.2, -0.15) is 0 Å². The van der Waals surface area contributed by atoms with Gasteiger partial charge in [-0.3, -0.25) is 9.10 Å². The van der Waals surface area contributed by atoms with Crippen molar-refractivity contribution in [3.8, 4) is 11.5 Å². The van der Waals surface area contributed by atoms with E-state index in [1.165, 1.54) is 0 Å². The van der Waals surface area contributed by atoms with Crippen molar-refractivity contribution in [3.05, 3.63) is 84.4 Å². The number of benzene rings is 3. The first-order chi connectivity index (χ1) is 15.4. The quantitative estimate of drug-likeness (QED) is 0.595. The van der Waals surface area contributed by atoms with E-state index in [2.05, 4.69) is 5.32 Å². The lowest BCUT2D eigenvalue weighted by atomic mass is 10.2. The highest BCUT2D eigenvalue weighted by molar-refractivity contribution is 7.92. The third kappa shape index (κ3) is 4.86. The lowest BCUT2D eigenvalue weighted by Crippen LogP contribution is -2.45. The molecule has 8 heteroatoms. The van der Waals surface area contributed by atoms with Crippen LogP contribution in [0.25, 0.3) is 0 Å². The van der Waals surface area contributed by atoms with Gasteiger partial charge in [0.15, 0.2) is 11.5 Å². The van der Waals surface area contributed by atoms with E-state index in [1.54, 1.807) is 60.7 Å². The second-order valence-corrected chi connectivity index (χ2v) is 9.32. The van der Waals surface area contributed by atoms with Crippen molar-refractivity contribution in [2.75, 3.05) is 24.0 Å². The van der Waals surface area contributed by atoms with Gasteiger partial charge in [0.25, 0.3) is 10.0 Å². The van der Waals surface area contributed by atoms with Gasteiger partial charge < -0.3 is 14.8 Å². The predicted octanol–water partition coefficient (Wildman–Crippen LogP) is 3.15. The van der Waals surface area contributed by atoms with Crippen LogP contribution in [-0.4, -0.2) is 40.1 Å². The third-order valence-corrected chi connectivity index (χ3v) is 6.82. The zero-order valence-corrected chi connectivity index (χ0v) is 18.4. The van der Waals surface area contributed by atoms with Crippen LogP contribution in [0.1, 0.15) is 5.56 Å². The average molecular weight is 453 g/mol. The van der Waals surface area contributed by atoms with E-state index in [9.17, 15) is 13.2 Å². The number of hydrogen-bond donors (Lipinski definition) is 1. The molecule has 1 amide bonds. The molecule has 0 saturated heterocycles. The van der Waals surface area contributed by atoms with Crippen LogP contribution in [0.3, 0.4) is 0 Å². The summed E-state index contributed by atoms with van der Waals surface area (Å²) < 4.78 is 39.3. The molecule has 4 rings (SSSR count). The summed E-state index contributed by atoms with van der Waals surface area (Å²) in [5, 5.41) is 2.77. The highest BCUT2D eigenvalue weighted by Gasteiger charge is 2.28. The number of rotatable bonds is 7. The Morgan fingerprint density at radius 1 is 0.969 bits per heavy atom. The van der Waals surface area contributed by atoms with Crippen LogP contribution in [0.2, 0.25) is 0 Å². The summed E-state index contributed by atoms with van der Waals surface area (Å²) in [5.74, 6) is 0.840. The predicted molar refractivity (Wildman–Crippen MR) is 122 cm³/mol. The Bertz CT molecular complexity index is 1180. The summed E-state index contributed by atoms with van der Waals surface area (Å²) in [4.78, 5) is 12.9. The van der Waals surface area contributed by atoms with Crippen molar-refractivity contribution in [1.82, 2.24) is 5.32 Å². The average Bonchev–Trinajstić information content (AvgIpc) is 2.82. The standard InChI is InChI=1S/C24H24N2O5S/c1-18-11-13-21(14-12-18)32(28,29)26(19-7-3-2-4-8-19)16-24(27)25-15-20-17-30-22-9-5-6-10-23(22)31-20/h2-14,20H,15-17H2,1H3,(H,25,27). The third-order valence-electron chi connectivity index (χ3n) is 5.03. The first-order valence-electron chi connectivity index (χ1n) is 10.2. The SMILES string of the molecule is Cc1ccc(S(=O)(=O)N(CC(=O)NCC2COc3ccccc3O2)c2ccccc2)cc1. The molecule has 0 aromatic heterocycles. The Hall–Kier alpha value is -3.52. The number of nitrogens with one attached hydrogen (secondary N) is 1. The van der Waals surface area contributed by atoms with Crippen LogP contribution in [0, 0.1) is 6.92 Å². The summed E-state index contributed by atoms with van der Waals surface area (Å²) >= 11 is 0. The van der Waals surface area contributed by atoms with E-state index >= 15 is 0 Å². The van der Waals surface area contributed by atoms with Gasteiger partial charge in [-0.25, -0.2) is 8.42 Å². The molecule has 3 aromatic carbocycles. The Morgan fingerprint density at radius 3 is 2.34 bits per heavy atom. The summed E-state index contributed by atoms with van der Waals surface area (Å²) in [6.45, 7) is 2.01. The molecule has 1 heterocycles. The van der Waals surface area contributed by atoms with Crippen molar-refractivity contribution < 1.29 is 22.7 Å². The molecule has 1 N–H and O–H groups in total.